The van der Waals surface area contributed by atoms with E-state index in [0.717, 1.165) is 12.0 Å². The molecule has 3 heterocycles. The number of hydrogen-bond donors (Lipinski definition) is 2. The number of carbonyl (C=O) groups is 1. The van der Waals surface area contributed by atoms with Crippen molar-refractivity contribution in [1.29, 1.82) is 0 Å². The highest BCUT2D eigenvalue weighted by molar-refractivity contribution is 6.00. The molecule has 0 aliphatic carbocycles. The van der Waals surface area contributed by atoms with E-state index in [1.807, 2.05) is 18.2 Å². The summed E-state index contributed by atoms with van der Waals surface area (Å²) in [5.41, 5.74) is 1.38. The van der Waals surface area contributed by atoms with E-state index in [2.05, 4.69) is 15.6 Å². The lowest BCUT2D eigenvalue weighted by Gasteiger charge is -2.28. The van der Waals surface area contributed by atoms with Crippen LogP contribution in [-0.2, 0) is 0 Å². The average molecular weight is 297 g/mol. The Labute approximate surface area is 127 Å². The summed E-state index contributed by atoms with van der Waals surface area (Å²) in [5, 5.41) is 6.17. The molecule has 0 saturated carbocycles. The zero-order valence-corrected chi connectivity index (χ0v) is 11.8. The van der Waals surface area contributed by atoms with Crippen LogP contribution in [-0.4, -0.2) is 24.1 Å². The minimum Gasteiger partial charge on any atom is -0.490 e. The summed E-state index contributed by atoms with van der Waals surface area (Å²) in [6.07, 6.45) is 2.10. The van der Waals surface area contributed by atoms with E-state index in [-0.39, 0.29) is 5.91 Å². The Morgan fingerprint density at radius 2 is 2.00 bits per heavy atom. The molecule has 2 aliphatic rings. The first-order valence-corrected chi connectivity index (χ1v) is 7.24. The molecule has 4 rings (SSSR count). The zero-order valence-electron chi connectivity index (χ0n) is 11.8. The number of carbonyl (C=O) groups excluding carboxylic acids is 1. The molecule has 22 heavy (non-hydrogen) atoms. The van der Waals surface area contributed by atoms with E-state index in [9.17, 15) is 4.79 Å². The van der Waals surface area contributed by atoms with Gasteiger partial charge in [0.15, 0.2) is 11.5 Å². The van der Waals surface area contributed by atoms with Gasteiger partial charge < -0.3 is 20.1 Å². The third-order valence-corrected chi connectivity index (χ3v) is 3.72. The van der Waals surface area contributed by atoms with Crippen LogP contribution >= 0.6 is 0 Å². The molecule has 2 N–H and O–H groups in total. The van der Waals surface area contributed by atoms with Crippen molar-refractivity contribution in [3.63, 3.8) is 0 Å². The van der Waals surface area contributed by atoms with E-state index >= 15 is 0 Å². The van der Waals surface area contributed by atoms with Gasteiger partial charge in [0.25, 0.3) is 5.91 Å². The third-order valence-electron chi connectivity index (χ3n) is 3.72. The average Bonchev–Trinajstić information content (AvgIpc) is 2.80. The summed E-state index contributed by atoms with van der Waals surface area (Å²) < 4.78 is 11.5. The van der Waals surface area contributed by atoms with Crippen molar-refractivity contribution < 1.29 is 14.3 Å². The molecule has 0 bridgehead atoms. The lowest BCUT2D eigenvalue weighted by molar-refractivity contribution is 0.0934. The predicted molar refractivity (Wildman–Crippen MR) is 80.1 cm³/mol. The van der Waals surface area contributed by atoms with Gasteiger partial charge in [0, 0.05) is 18.2 Å². The van der Waals surface area contributed by atoms with E-state index in [0.29, 0.717) is 36.1 Å². The molecule has 0 fully saturated rings. The number of pyridine rings is 1. The summed E-state index contributed by atoms with van der Waals surface area (Å²) >= 11 is 0. The number of aromatic nitrogens is 1. The van der Waals surface area contributed by atoms with Crippen LogP contribution in [0.3, 0.4) is 0 Å². The van der Waals surface area contributed by atoms with Crippen LogP contribution in [0.5, 0.6) is 11.5 Å². The summed E-state index contributed by atoms with van der Waals surface area (Å²) in [4.78, 5) is 16.5. The molecule has 1 aromatic carbocycles. The molecule has 0 saturated heterocycles. The summed E-state index contributed by atoms with van der Waals surface area (Å²) in [6, 6.07) is 9.17. The largest absolute Gasteiger partial charge is 0.490 e. The highest BCUT2D eigenvalue weighted by Gasteiger charge is 2.28. The minimum absolute atomic E-state index is 0.154. The molecule has 1 atom stereocenters. The maximum absolute atomic E-state index is 12.2. The zero-order chi connectivity index (χ0) is 14.9. The molecule has 0 spiro atoms. The molecule has 6 nitrogen and oxygen atoms in total. The van der Waals surface area contributed by atoms with Gasteiger partial charge in [-0.05, 0) is 18.2 Å². The summed E-state index contributed by atoms with van der Waals surface area (Å²) in [6.45, 7) is 1.23. The Balaban J connectivity index is 1.73. The van der Waals surface area contributed by atoms with Gasteiger partial charge in [0.05, 0.1) is 18.8 Å². The fourth-order valence-electron chi connectivity index (χ4n) is 2.68. The number of ether oxygens (including phenoxy) is 2. The Bertz CT molecular complexity index is 732. The van der Waals surface area contributed by atoms with E-state index < -0.39 is 6.17 Å². The van der Waals surface area contributed by atoms with Crippen LogP contribution in [0.4, 0.5) is 5.82 Å². The molecule has 2 aliphatic heterocycles. The number of para-hydroxylation sites is 1. The number of hydrogen-bond acceptors (Lipinski definition) is 5. The van der Waals surface area contributed by atoms with Crippen molar-refractivity contribution in [1.82, 2.24) is 10.3 Å². The second-order valence-corrected chi connectivity index (χ2v) is 5.18. The minimum atomic E-state index is -0.397. The molecule has 1 aromatic heterocycles. The van der Waals surface area contributed by atoms with Gasteiger partial charge in [-0.1, -0.05) is 12.1 Å². The Hall–Kier alpha value is -2.76. The van der Waals surface area contributed by atoms with Crippen LogP contribution in [0, 0.1) is 0 Å². The number of nitrogens with one attached hydrogen (secondary N) is 2. The van der Waals surface area contributed by atoms with Crippen molar-refractivity contribution in [2.24, 2.45) is 0 Å². The van der Waals surface area contributed by atoms with Gasteiger partial charge in [-0.15, -0.1) is 0 Å². The number of nitrogens with zero attached hydrogens (tertiary/aromatic N) is 1. The Morgan fingerprint density at radius 1 is 1.09 bits per heavy atom. The second kappa shape index (κ2) is 5.22. The molecular formula is C16H15N3O3. The molecule has 6 heteroatoms. The Kier molecular flexibility index (Phi) is 3.07. The first-order valence-electron chi connectivity index (χ1n) is 7.24. The fraction of sp³-hybridized carbons (Fsp3) is 0.250. The molecular weight excluding hydrogens is 282 g/mol. The normalized spacial score (nSPS) is 19.5. The molecule has 0 unspecified atom stereocenters. The molecule has 1 amide bonds. The highest BCUT2D eigenvalue weighted by Crippen LogP contribution is 2.38. The van der Waals surface area contributed by atoms with E-state index in [1.54, 1.807) is 18.3 Å². The molecule has 112 valence electrons. The molecule has 0 radical (unpaired) electrons. The van der Waals surface area contributed by atoms with E-state index in [1.165, 1.54) is 0 Å². The number of amides is 1. The maximum Gasteiger partial charge on any atom is 0.256 e. The maximum atomic E-state index is 12.2. The van der Waals surface area contributed by atoms with Crippen molar-refractivity contribution in [3.8, 4) is 11.5 Å². The standard InChI is InChI=1S/C16H15N3O3/c20-16-11-5-2-7-17-14(11)18-15(19-16)10-4-1-6-12-13(10)22-9-3-8-21-12/h1-2,4-7,15H,3,8-9H2,(H,17,18)(H,19,20)/t15-/m1/s1. The topological polar surface area (TPSA) is 72.5 Å². The number of benzene rings is 1. The number of fused-ring (bicyclic) bond motifs is 2. The number of anilines is 1. The van der Waals surface area contributed by atoms with Gasteiger partial charge in [-0.25, -0.2) is 4.98 Å². The van der Waals surface area contributed by atoms with Crippen molar-refractivity contribution in [2.75, 3.05) is 18.5 Å². The smallest absolute Gasteiger partial charge is 0.256 e. The first kappa shape index (κ1) is 12.9. The SMILES string of the molecule is O=C1N[C@H](c2cccc3c2OCCCO3)Nc2ncccc21. The number of rotatable bonds is 1. The van der Waals surface area contributed by atoms with Crippen LogP contribution in [0.15, 0.2) is 36.5 Å². The Morgan fingerprint density at radius 3 is 2.95 bits per heavy atom. The van der Waals surface area contributed by atoms with Gasteiger partial charge in [-0.3, -0.25) is 4.79 Å². The van der Waals surface area contributed by atoms with Crippen LogP contribution < -0.4 is 20.1 Å². The van der Waals surface area contributed by atoms with Crippen LogP contribution in [0.2, 0.25) is 0 Å². The quantitative estimate of drug-likeness (QED) is 0.843. The van der Waals surface area contributed by atoms with Crippen molar-refractivity contribution in [2.45, 2.75) is 12.6 Å². The predicted octanol–water partition coefficient (Wildman–Crippen LogP) is 2.10. The lowest BCUT2D eigenvalue weighted by atomic mass is 10.1. The molecule has 2 aromatic rings. The third kappa shape index (κ3) is 2.13. The fourth-order valence-corrected chi connectivity index (χ4v) is 2.68. The monoisotopic (exact) mass is 297 g/mol. The van der Waals surface area contributed by atoms with Gasteiger partial charge in [-0.2, -0.15) is 0 Å². The van der Waals surface area contributed by atoms with Gasteiger partial charge >= 0.3 is 0 Å². The summed E-state index contributed by atoms with van der Waals surface area (Å²) in [7, 11) is 0. The lowest BCUT2D eigenvalue weighted by Crippen LogP contribution is -2.39. The first-order chi connectivity index (χ1) is 10.8. The highest BCUT2D eigenvalue weighted by atomic mass is 16.5. The van der Waals surface area contributed by atoms with Gasteiger partial charge in [0.2, 0.25) is 0 Å². The van der Waals surface area contributed by atoms with Crippen molar-refractivity contribution >= 4 is 11.7 Å². The summed E-state index contributed by atoms with van der Waals surface area (Å²) in [5.74, 6) is 1.80. The second-order valence-electron chi connectivity index (χ2n) is 5.18. The van der Waals surface area contributed by atoms with Crippen LogP contribution in [0.25, 0.3) is 0 Å². The van der Waals surface area contributed by atoms with Crippen molar-refractivity contribution in [3.05, 3.63) is 47.7 Å². The van der Waals surface area contributed by atoms with E-state index in [4.69, 9.17) is 9.47 Å². The van der Waals surface area contributed by atoms with Gasteiger partial charge in [0.1, 0.15) is 12.0 Å². The van der Waals surface area contributed by atoms with Crippen LogP contribution in [0.1, 0.15) is 28.5 Å².